The second-order valence-corrected chi connectivity index (χ2v) is 5.68. The van der Waals surface area contributed by atoms with Crippen LogP contribution in [0.4, 0.5) is 0 Å². The van der Waals surface area contributed by atoms with Gasteiger partial charge in [-0.15, -0.1) is 0 Å². The average Bonchev–Trinajstić information content (AvgIpc) is 2.28. The molecule has 1 amide bonds. The Balaban J connectivity index is 2.99. The van der Waals surface area contributed by atoms with E-state index in [1.54, 1.807) is 0 Å². The fourth-order valence-electron chi connectivity index (χ4n) is 1.09. The molecule has 1 aromatic rings. The van der Waals surface area contributed by atoms with Crippen molar-refractivity contribution in [3.05, 3.63) is 23.5 Å². The Morgan fingerprint density at radius 3 is 2.76 bits per heavy atom. The SMILES string of the molecule is CNC(=O)CN(C)S(=O)(=O)c1ccnc(Cl)c1. The van der Waals surface area contributed by atoms with Crippen molar-refractivity contribution in [3.8, 4) is 0 Å². The molecule has 0 bridgehead atoms. The molecule has 1 aromatic heterocycles. The smallest absolute Gasteiger partial charge is 0.243 e. The minimum absolute atomic E-state index is 0.00361. The topological polar surface area (TPSA) is 79.4 Å². The molecule has 8 heteroatoms. The van der Waals surface area contributed by atoms with E-state index in [0.717, 1.165) is 4.31 Å². The first-order valence-electron chi connectivity index (χ1n) is 4.66. The fraction of sp³-hybridized carbons (Fsp3) is 0.333. The van der Waals surface area contributed by atoms with E-state index in [4.69, 9.17) is 11.6 Å². The summed E-state index contributed by atoms with van der Waals surface area (Å²) in [6, 6.07) is 2.55. The molecular weight excluding hydrogens is 266 g/mol. The summed E-state index contributed by atoms with van der Waals surface area (Å²) in [7, 11) is -0.964. The van der Waals surface area contributed by atoms with Gasteiger partial charge in [0.05, 0.1) is 11.4 Å². The lowest BCUT2D eigenvalue weighted by molar-refractivity contribution is -0.120. The lowest BCUT2D eigenvalue weighted by atomic mass is 10.5. The molecule has 0 saturated carbocycles. The van der Waals surface area contributed by atoms with E-state index < -0.39 is 15.9 Å². The largest absolute Gasteiger partial charge is 0.358 e. The van der Waals surface area contributed by atoms with E-state index in [1.807, 2.05) is 0 Å². The first kappa shape index (κ1) is 13.9. The molecular formula is C9H12ClN3O3S. The van der Waals surface area contributed by atoms with Crippen LogP contribution in [-0.4, -0.2) is 44.3 Å². The van der Waals surface area contributed by atoms with Gasteiger partial charge in [-0.3, -0.25) is 4.79 Å². The highest BCUT2D eigenvalue weighted by atomic mass is 35.5. The molecule has 1 heterocycles. The van der Waals surface area contributed by atoms with Crippen molar-refractivity contribution in [1.29, 1.82) is 0 Å². The minimum atomic E-state index is -3.72. The Morgan fingerprint density at radius 1 is 1.59 bits per heavy atom. The summed E-state index contributed by atoms with van der Waals surface area (Å²) >= 11 is 5.62. The quantitative estimate of drug-likeness (QED) is 0.792. The maximum absolute atomic E-state index is 12.0. The molecule has 1 N–H and O–H groups in total. The molecule has 0 atom stereocenters. The van der Waals surface area contributed by atoms with Gasteiger partial charge in [0.2, 0.25) is 15.9 Å². The van der Waals surface area contributed by atoms with Gasteiger partial charge in [-0.05, 0) is 12.1 Å². The van der Waals surface area contributed by atoms with Crippen molar-refractivity contribution in [3.63, 3.8) is 0 Å². The second-order valence-electron chi connectivity index (χ2n) is 3.25. The van der Waals surface area contributed by atoms with Gasteiger partial charge in [0.25, 0.3) is 0 Å². The van der Waals surface area contributed by atoms with Crippen LogP contribution in [0.15, 0.2) is 23.2 Å². The van der Waals surface area contributed by atoms with Crippen LogP contribution in [0.25, 0.3) is 0 Å². The number of hydrogen-bond donors (Lipinski definition) is 1. The lowest BCUT2D eigenvalue weighted by Gasteiger charge is -2.16. The third kappa shape index (κ3) is 3.39. The van der Waals surface area contributed by atoms with Crippen molar-refractivity contribution < 1.29 is 13.2 Å². The Hall–Kier alpha value is -1.18. The molecule has 0 saturated heterocycles. The highest BCUT2D eigenvalue weighted by Crippen LogP contribution is 2.16. The highest BCUT2D eigenvalue weighted by Gasteiger charge is 2.22. The molecule has 0 aliphatic heterocycles. The molecule has 0 spiro atoms. The Morgan fingerprint density at radius 2 is 2.24 bits per heavy atom. The molecule has 6 nitrogen and oxygen atoms in total. The van der Waals surface area contributed by atoms with Crippen molar-refractivity contribution in [2.24, 2.45) is 0 Å². The summed E-state index contributed by atoms with van der Waals surface area (Å²) in [5, 5.41) is 2.43. The molecule has 0 radical (unpaired) electrons. The van der Waals surface area contributed by atoms with Gasteiger partial charge in [0, 0.05) is 20.3 Å². The zero-order valence-electron chi connectivity index (χ0n) is 9.34. The number of rotatable bonds is 4. The Bertz CT molecular complexity index is 518. The van der Waals surface area contributed by atoms with E-state index in [1.165, 1.54) is 32.4 Å². The summed E-state index contributed by atoms with van der Waals surface area (Å²) in [6.45, 7) is -0.251. The number of pyridine rings is 1. The van der Waals surface area contributed by atoms with Gasteiger partial charge in [-0.1, -0.05) is 11.6 Å². The number of hydrogen-bond acceptors (Lipinski definition) is 4. The summed E-state index contributed by atoms with van der Waals surface area (Å²) in [5.41, 5.74) is 0. The summed E-state index contributed by atoms with van der Waals surface area (Å²) in [6.07, 6.45) is 1.29. The number of nitrogens with zero attached hydrogens (tertiary/aromatic N) is 2. The zero-order chi connectivity index (χ0) is 13.1. The van der Waals surface area contributed by atoms with Crippen molar-refractivity contribution in [1.82, 2.24) is 14.6 Å². The predicted molar refractivity (Wildman–Crippen MR) is 63.1 cm³/mol. The van der Waals surface area contributed by atoms with Gasteiger partial charge in [-0.25, -0.2) is 13.4 Å². The highest BCUT2D eigenvalue weighted by molar-refractivity contribution is 7.89. The minimum Gasteiger partial charge on any atom is -0.358 e. The van der Waals surface area contributed by atoms with Crippen LogP contribution in [-0.2, 0) is 14.8 Å². The Labute approximate surface area is 105 Å². The summed E-state index contributed by atoms with van der Waals surface area (Å²) in [4.78, 5) is 14.8. The number of amides is 1. The average molecular weight is 278 g/mol. The fourth-order valence-corrected chi connectivity index (χ4v) is 2.47. The second kappa shape index (κ2) is 5.44. The van der Waals surface area contributed by atoms with Gasteiger partial charge >= 0.3 is 0 Å². The van der Waals surface area contributed by atoms with E-state index in [-0.39, 0.29) is 16.6 Å². The van der Waals surface area contributed by atoms with Gasteiger partial charge in [0.15, 0.2) is 0 Å². The van der Waals surface area contributed by atoms with E-state index in [0.29, 0.717) is 0 Å². The number of nitrogens with one attached hydrogen (secondary N) is 1. The number of sulfonamides is 1. The van der Waals surface area contributed by atoms with Crippen LogP contribution >= 0.6 is 11.6 Å². The standard InChI is InChI=1S/C9H12ClN3O3S/c1-11-9(14)6-13(2)17(15,16)7-3-4-12-8(10)5-7/h3-5H,6H2,1-2H3,(H,11,14). The van der Waals surface area contributed by atoms with Crippen molar-refractivity contribution in [2.75, 3.05) is 20.6 Å². The molecule has 17 heavy (non-hydrogen) atoms. The normalized spacial score (nSPS) is 11.5. The zero-order valence-corrected chi connectivity index (χ0v) is 10.9. The van der Waals surface area contributed by atoms with Gasteiger partial charge < -0.3 is 5.32 Å². The third-order valence-electron chi connectivity index (χ3n) is 2.05. The van der Waals surface area contributed by atoms with Crippen LogP contribution in [0.3, 0.4) is 0 Å². The molecule has 0 aliphatic rings. The summed E-state index contributed by atoms with van der Waals surface area (Å²) in [5.74, 6) is -0.392. The van der Waals surface area contributed by atoms with E-state index in [9.17, 15) is 13.2 Å². The molecule has 0 fully saturated rings. The van der Waals surface area contributed by atoms with Crippen molar-refractivity contribution >= 4 is 27.5 Å². The molecule has 1 rings (SSSR count). The third-order valence-corrected chi connectivity index (χ3v) is 4.06. The van der Waals surface area contributed by atoms with Gasteiger partial charge in [0.1, 0.15) is 5.15 Å². The summed E-state index contributed by atoms with van der Waals surface area (Å²) < 4.78 is 24.9. The van der Waals surface area contributed by atoms with Gasteiger partial charge in [-0.2, -0.15) is 4.31 Å². The predicted octanol–water partition coefficient (Wildman–Crippen LogP) is 0.101. The molecule has 0 aliphatic carbocycles. The number of halogens is 1. The van der Waals surface area contributed by atoms with Crippen LogP contribution in [0.2, 0.25) is 5.15 Å². The maximum atomic E-state index is 12.0. The first-order chi connectivity index (χ1) is 7.87. The number of aromatic nitrogens is 1. The number of likely N-dealkylation sites (N-methyl/N-ethyl adjacent to an activating group) is 2. The molecule has 94 valence electrons. The monoisotopic (exact) mass is 277 g/mol. The first-order valence-corrected chi connectivity index (χ1v) is 6.48. The van der Waals surface area contributed by atoms with Crippen molar-refractivity contribution in [2.45, 2.75) is 4.90 Å². The lowest BCUT2D eigenvalue weighted by Crippen LogP contribution is -2.36. The van der Waals surface area contributed by atoms with E-state index in [2.05, 4.69) is 10.3 Å². The maximum Gasteiger partial charge on any atom is 0.243 e. The Kier molecular flexibility index (Phi) is 4.44. The molecule has 0 aromatic carbocycles. The number of carbonyl (C=O) groups is 1. The van der Waals surface area contributed by atoms with Crippen LogP contribution in [0.1, 0.15) is 0 Å². The van der Waals surface area contributed by atoms with E-state index >= 15 is 0 Å². The number of carbonyl (C=O) groups excluding carboxylic acids is 1. The van der Waals surface area contributed by atoms with Crippen LogP contribution < -0.4 is 5.32 Å². The molecule has 0 unspecified atom stereocenters. The van der Waals surface area contributed by atoms with Crippen LogP contribution in [0, 0.1) is 0 Å². The van der Waals surface area contributed by atoms with Crippen LogP contribution in [0.5, 0.6) is 0 Å².